The molecule has 5 nitrogen and oxygen atoms in total. The highest BCUT2D eigenvalue weighted by Gasteiger charge is 2.18. The van der Waals surface area contributed by atoms with Gasteiger partial charge >= 0.3 is 12.0 Å². The van der Waals surface area contributed by atoms with E-state index in [0.29, 0.717) is 13.0 Å². The Hall–Kier alpha value is -2.48. The molecule has 0 heterocycles. The van der Waals surface area contributed by atoms with E-state index in [9.17, 15) is 9.59 Å². The van der Waals surface area contributed by atoms with Gasteiger partial charge in [0.15, 0.2) is 0 Å². The Labute approximate surface area is 118 Å². The summed E-state index contributed by atoms with van der Waals surface area (Å²) in [5.74, 6) is 1.08. The van der Waals surface area contributed by atoms with E-state index in [-0.39, 0.29) is 6.42 Å². The average Bonchev–Trinajstić information content (AvgIpc) is 2.38. The van der Waals surface area contributed by atoms with Gasteiger partial charge in [0.1, 0.15) is 6.04 Å². The second-order valence-corrected chi connectivity index (χ2v) is 4.44. The van der Waals surface area contributed by atoms with Crippen LogP contribution in [0.15, 0.2) is 24.3 Å². The molecule has 2 amide bonds. The van der Waals surface area contributed by atoms with E-state index in [1.165, 1.54) is 0 Å². The van der Waals surface area contributed by atoms with Gasteiger partial charge in [0.05, 0.1) is 0 Å². The highest BCUT2D eigenvalue weighted by Crippen LogP contribution is 2.03. The van der Waals surface area contributed by atoms with Gasteiger partial charge in [-0.1, -0.05) is 29.8 Å². The van der Waals surface area contributed by atoms with Gasteiger partial charge in [-0.05, 0) is 18.9 Å². The Balaban J connectivity index is 2.36. The van der Waals surface area contributed by atoms with E-state index in [2.05, 4.69) is 16.6 Å². The molecule has 0 bridgehead atoms. The van der Waals surface area contributed by atoms with E-state index in [1.54, 1.807) is 0 Å². The summed E-state index contributed by atoms with van der Waals surface area (Å²) in [5.41, 5.74) is 2.27. The summed E-state index contributed by atoms with van der Waals surface area (Å²) >= 11 is 0. The van der Waals surface area contributed by atoms with Crippen molar-refractivity contribution in [3.05, 3.63) is 35.4 Å². The van der Waals surface area contributed by atoms with Crippen LogP contribution in [0.2, 0.25) is 0 Å². The van der Waals surface area contributed by atoms with Crippen molar-refractivity contribution in [3.8, 4) is 12.3 Å². The molecule has 1 aromatic carbocycles. The lowest BCUT2D eigenvalue weighted by Gasteiger charge is -2.12. The summed E-state index contributed by atoms with van der Waals surface area (Å²) in [4.78, 5) is 22.4. The van der Waals surface area contributed by atoms with Crippen LogP contribution in [0.3, 0.4) is 0 Å². The molecule has 106 valence electrons. The Morgan fingerprint density at radius 2 is 2.20 bits per heavy atom. The lowest BCUT2D eigenvalue weighted by molar-refractivity contribution is -0.139. The molecule has 1 aromatic rings. The normalized spacial score (nSPS) is 11.2. The monoisotopic (exact) mass is 274 g/mol. The molecule has 1 atom stereocenters. The first kappa shape index (κ1) is 15.6. The number of nitrogens with one attached hydrogen (secondary N) is 2. The smallest absolute Gasteiger partial charge is 0.327 e. The second kappa shape index (κ2) is 7.85. The molecule has 0 aromatic heterocycles. The van der Waals surface area contributed by atoms with E-state index in [4.69, 9.17) is 11.5 Å². The average molecular weight is 274 g/mol. The number of aliphatic carboxylic acids is 1. The van der Waals surface area contributed by atoms with Crippen molar-refractivity contribution < 1.29 is 14.7 Å². The van der Waals surface area contributed by atoms with Crippen LogP contribution in [0, 0.1) is 19.3 Å². The second-order valence-electron chi connectivity index (χ2n) is 4.44. The van der Waals surface area contributed by atoms with E-state index < -0.39 is 18.0 Å². The number of hydrogen-bond donors (Lipinski definition) is 3. The van der Waals surface area contributed by atoms with Crippen molar-refractivity contribution in [2.24, 2.45) is 0 Å². The molecule has 1 unspecified atom stereocenters. The largest absolute Gasteiger partial charge is 0.480 e. The number of terminal acetylenes is 1. The van der Waals surface area contributed by atoms with Crippen LogP contribution in [0.25, 0.3) is 0 Å². The number of carbonyl (C=O) groups is 2. The lowest BCUT2D eigenvalue weighted by Crippen LogP contribution is -2.46. The highest BCUT2D eigenvalue weighted by atomic mass is 16.4. The Bertz CT molecular complexity index is 520. The van der Waals surface area contributed by atoms with Crippen molar-refractivity contribution in [2.45, 2.75) is 25.8 Å². The van der Waals surface area contributed by atoms with Crippen LogP contribution in [0.1, 0.15) is 17.5 Å². The molecule has 0 aliphatic rings. The molecule has 0 aliphatic heterocycles. The third-order valence-electron chi connectivity index (χ3n) is 2.71. The Morgan fingerprint density at radius 3 is 2.80 bits per heavy atom. The molecule has 0 saturated carbocycles. The lowest BCUT2D eigenvalue weighted by atomic mass is 10.1. The van der Waals surface area contributed by atoms with Crippen molar-refractivity contribution in [1.82, 2.24) is 10.6 Å². The van der Waals surface area contributed by atoms with Crippen LogP contribution >= 0.6 is 0 Å². The molecule has 20 heavy (non-hydrogen) atoms. The standard InChI is InChI=1S/C15H18N2O3/c1-3-5-13(14(18)19)17-15(20)16-9-8-12-7-4-6-11(2)10-12/h1,4,6-7,10,13H,5,8-9H2,2H3,(H,18,19)(H2,16,17,20). The van der Waals surface area contributed by atoms with Crippen LogP contribution in [0.5, 0.6) is 0 Å². The van der Waals surface area contributed by atoms with Crippen molar-refractivity contribution in [1.29, 1.82) is 0 Å². The molecular formula is C15H18N2O3. The third kappa shape index (κ3) is 5.44. The number of urea groups is 1. The van der Waals surface area contributed by atoms with Gasteiger partial charge in [-0.25, -0.2) is 9.59 Å². The maximum absolute atomic E-state index is 11.5. The van der Waals surface area contributed by atoms with E-state index in [0.717, 1.165) is 11.1 Å². The molecule has 0 aliphatic carbocycles. The summed E-state index contributed by atoms with van der Waals surface area (Å²) < 4.78 is 0. The summed E-state index contributed by atoms with van der Waals surface area (Å²) in [5, 5.41) is 13.8. The number of amides is 2. The Kier molecular flexibility index (Phi) is 6.11. The zero-order chi connectivity index (χ0) is 15.0. The fourth-order valence-electron chi connectivity index (χ4n) is 1.72. The zero-order valence-electron chi connectivity index (χ0n) is 11.3. The van der Waals surface area contributed by atoms with Crippen LogP contribution in [-0.2, 0) is 11.2 Å². The first-order chi connectivity index (χ1) is 9.52. The molecule has 0 saturated heterocycles. The molecule has 0 spiro atoms. The number of carbonyl (C=O) groups excluding carboxylic acids is 1. The topological polar surface area (TPSA) is 78.4 Å². The van der Waals surface area contributed by atoms with Gasteiger partial charge in [0, 0.05) is 13.0 Å². The number of benzene rings is 1. The van der Waals surface area contributed by atoms with Crippen molar-refractivity contribution in [3.63, 3.8) is 0 Å². The third-order valence-corrected chi connectivity index (χ3v) is 2.71. The maximum atomic E-state index is 11.5. The van der Waals surface area contributed by atoms with Crippen LogP contribution < -0.4 is 10.6 Å². The molecular weight excluding hydrogens is 256 g/mol. The zero-order valence-corrected chi connectivity index (χ0v) is 11.3. The minimum absolute atomic E-state index is 0.0410. The van der Waals surface area contributed by atoms with Gasteiger partial charge in [-0.2, -0.15) is 0 Å². The Morgan fingerprint density at radius 1 is 1.45 bits per heavy atom. The molecule has 0 radical (unpaired) electrons. The molecule has 3 N–H and O–H groups in total. The van der Waals surface area contributed by atoms with Gasteiger partial charge in [-0.15, -0.1) is 12.3 Å². The molecule has 0 fully saturated rings. The van der Waals surface area contributed by atoms with Crippen molar-refractivity contribution >= 4 is 12.0 Å². The van der Waals surface area contributed by atoms with Crippen LogP contribution in [0.4, 0.5) is 4.79 Å². The summed E-state index contributed by atoms with van der Waals surface area (Å²) in [7, 11) is 0. The quantitative estimate of drug-likeness (QED) is 0.684. The van der Waals surface area contributed by atoms with Crippen LogP contribution in [-0.4, -0.2) is 29.7 Å². The van der Waals surface area contributed by atoms with E-state index >= 15 is 0 Å². The highest BCUT2D eigenvalue weighted by molar-refractivity contribution is 5.82. The van der Waals surface area contributed by atoms with Gasteiger partial charge in [0.2, 0.25) is 0 Å². The first-order valence-corrected chi connectivity index (χ1v) is 6.29. The van der Waals surface area contributed by atoms with Gasteiger partial charge < -0.3 is 15.7 Å². The number of hydrogen-bond acceptors (Lipinski definition) is 2. The summed E-state index contributed by atoms with van der Waals surface area (Å²) in [6.45, 7) is 2.43. The number of aryl methyl sites for hydroxylation is 1. The minimum atomic E-state index is -1.14. The van der Waals surface area contributed by atoms with Crippen molar-refractivity contribution in [2.75, 3.05) is 6.54 Å². The number of rotatable bonds is 6. The van der Waals surface area contributed by atoms with E-state index in [1.807, 2.05) is 31.2 Å². The van der Waals surface area contributed by atoms with Gasteiger partial charge in [-0.3, -0.25) is 0 Å². The van der Waals surface area contributed by atoms with Gasteiger partial charge in [0.25, 0.3) is 0 Å². The summed E-state index contributed by atoms with van der Waals surface area (Å²) in [6.07, 6.45) is 5.69. The molecule has 5 heteroatoms. The number of carboxylic acids is 1. The SMILES string of the molecule is C#CCC(NC(=O)NCCc1cccc(C)c1)C(=O)O. The minimum Gasteiger partial charge on any atom is -0.480 e. The molecule has 1 rings (SSSR count). The fraction of sp³-hybridized carbons (Fsp3) is 0.333. The maximum Gasteiger partial charge on any atom is 0.327 e. The summed E-state index contributed by atoms with van der Waals surface area (Å²) in [6, 6.07) is 6.39. The first-order valence-electron chi connectivity index (χ1n) is 6.29. The predicted octanol–water partition coefficient (Wildman–Crippen LogP) is 1.31. The number of carboxylic acid groups (broad SMARTS) is 1. The fourth-order valence-corrected chi connectivity index (χ4v) is 1.72. The predicted molar refractivity (Wildman–Crippen MR) is 76.3 cm³/mol.